The summed E-state index contributed by atoms with van der Waals surface area (Å²) in [6.07, 6.45) is 2.21. The third-order valence-electron chi connectivity index (χ3n) is 2.68. The molecule has 2 atom stereocenters. The molecule has 1 amide bonds. The van der Waals surface area contributed by atoms with Gasteiger partial charge in [-0.3, -0.25) is 4.79 Å². The smallest absolute Gasteiger partial charge is 0.224 e. The molecule has 88 valence electrons. The van der Waals surface area contributed by atoms with Crippen LogP contribution in [0.1, 0.15) is 26.7 Å². The molecule has 2 N–H and O–H groups in total. The Morgan fingerprint density at radius 1 is 1.67 bits per heavy atom. The molecular formula is C11H22N2O2. The lowest BCUT2D eigenvalue weighted by molar-refractivity contribution is -0.126. The Labute approximate surface area is 91.8 Å². The van der Waals surface area contributed by atoms with Crippen LogP contribution in [0.4, 0.5) is 0 Å². The summed E-state index contributed by atoms with van der Waals surface area (Å²) in [5, 5.41) is 6.17. The fourth-order valence-corrected chi connectivity index (χ4v) is 1.81. The van der Waals surface area contributed by atoms with Crippen LogP contribution in [0, 0.1) is 5.92 Å². The van der Waals surface area contributed by atoms with E-state index in [9.17, 15) is 4.79 Å². The number of piperidine rings is 1. The summed E-state index contributed by atoms with van der Waals surface area (Å²) in [4.78, 5) is 11.7. The lowest BCUT2D eigenvalue weighted by Crippen LogP contribution is -2.42. The first kappa shape index (κ1) is 12.5. The van der Waals surface area contributed by atoms with Gasteiger partial charge in [0.1, 0.15) is 0 Å². The third-order valence-corrected chi connectivity index (χ3v) is 2.68. The third kappa shape index (κ3) is 4.62. The Kier molecular flexibility index (Phi) is 5.65. The zero-order chi connectivity index (χ0) is 11.1. The molecule has 1 unspecified atom stereocenters. The number of carbonyl (C=O) groups excluding carboxylic acids is 1. The Morgan fingerprint density at radius 2 is 2.47 bits per heavy atom. The van der Waals surface area contributed by atoms with Crippen LogP contribution in [-0.4, -0.2) is 38.3 Å². The second kappa shape index (κ2) is 6.80. The van der Waals surface area contributed by atoms with Gasteiger partial charge in [0.05, 0.1) is 12.0 Å². The number of nitrogens with one attached hydrogen (secondary N) is 2. The van der Waals surface area contributed by atoms with Gasteiger partial charge in [-0.05, 0) is 33.2 Å². The van der Waals surface area contributed by atoms with E-state index in [1.807, 2.05) is 13.8 Å². The van der Waals surface area contributed by atoms with Crippen molar-refractivity contribution < 1.29 is 9.53 Å². The van der Waals surface area contributed by atoms with E-state index in [0.717, 1.165) is 25.9 Å². The average molecular weight is 214 g/mol. The van der Waals surface area contributed by atoms with Crippen molar-refractivity contribution in [2.45, 2.75) is 32.8 Å². The highest BCUT2D eigenvalue weighted by atomic mass is 16.5. The molecule has 0 aromatic heterocycles. The van der Waals surface area contributed by atoms with Crippen LogP contribution in [0.25, 0.3) is 0 Å². The fourth-order valence-electron chi connectivity index (χ4n) is 1.81. The highest BCUT2D eigenvalue weighted by molar-refractivity contribution is 5.78. The van der Waals surface area contributed by atoms with Gasteiger partial charge in [0.15, 0.2) is 0 Å². The van der Waals surface area contributed by atoms with Gasteiger partial charge < -0.3 is 15.4 Å². The van der Waals surface area contributed by atoms with Crippen LogP contribution >= 0.6 is 0 Å². The largest absolute Gasteiger partial charge is 0.377 e. The van der Waals surface area contributed by atoms with Gasteiger partial charge in [0.2, 0.25) is 5.91 Å². The summed E-state index contributed by atoms with van der Waals surface area (Å²) in [5.41, 5.74) is 0. The van der Waals surface area contributed by atoms with E-state index in [0.29, 0.717) is 13.2 Å². The van der Waals surface area contributed by atoms with Gasteiger partial charge in [0, 0.05) is 19.7 Å². The van der Waals surface area contributed by atoms with Crippen molar-refractivity contribution in [1.29, 1.82) is 0 Å². The monoisotopic (exact) mass is 214 g/mol. The van der Waals surface area contributed by atoms with Crippen molar-refractivity contribution in [2.75, 3.05) is 26.2 Å². The molecule has 0 aromatic carbocycles. The first-order chi connectivity index (χ1) is 7.24. The van der Waals surface area contributed by atoms with Crippen molar-refractivity contribution in [3.05, 3.63) is 0 Å². The number of hydrogen-bond donors (Lipinski definition) is 2. The van der Waals surface area contributed by atoms with Gasteiger partial charge in [-0.2, -0.15) is 0 Å². The van der Waals surface area contributed by atoms with Crippen molar-refractivity contribution in [2.24, 2.45) is 5.92 Å². The van der Waals surface area contributed by atoms with Crippen LogP contribution in [0.15, 0.2) is 0 Å². The molecule has 0 aromatic rings. The lowest BCUT2D eigenvalue weighted by Gasteiger charge is -2.22. The minimum atomic E-state index is 0.107. The van der Waals surface area contributed by atoms with E-state index >= 15 is 0 Å². The standard InChI is InChI=1S/C11H22N2O2/c1-3-15-9(2)7-13-11(14)10-5-4-6-12-8-10/h9-10,12H,3-8H2,1-2H3,(H,13,14)/t9?,10-/m0/s1. The van der Waals surface area contributed by atoms with Gasteiger partial charge in [0.25, 0.3) is 0 Å². The number of rotatable bonds is 5. The molecule has 0 bridgehead atoms. The molecule has 4 heteroatoms. The maximum Gasteiger partial charge on any atom is 0.224 e. The van der Waals surface area contributed by atoms with Crippen molar-refractivity contribution in [3.8, 4) is 0 Å². The highest BCUT2D eigenvalue weighted by Gasteiger charge is 2.20. The number of carbonyl (C=O) groups is 1. The maximum absolute atomic E-state index is 11.7. The summed E-state index contributed by atoms with van der Waals surface area (Å²) in [6, 6.07) is 0. The molecule has 0 saturated carbocycles. The molecule has 0 radical (unpaired) electrons. The molecule has 1 heterocycles. The maximum atomic E-state index is 11.7. The zero-order valence-corrected chi connectivity index (χ0v) is 9.71. The van der Waals surface area contributed by atoms with Crippen LogP contribution in [0.3, 0.4) is 0 Å². The molecule has 15 heavy (non-hydrogen) atoms. The minimum absolute atomic E-state index is 0.107. The second-order valence-corrected chi connectivity index (χ2v) is 4.05. The molecule has 0 spiro atoms. The van der Waals surface area contributed by atoms with Gasteiger partial charge in [-0.1, -0.05) is 0 Å². The summed E-state index contributed by atoms with van der Waals surface area (Å²) >= 11 is 0. The molecule has 1 saturated heterocycles. The average Bonchev–Trinajstić information content (AvgIpc) is 2.27. The Morgan fingerprint density at radius 3 is 3.07 bits per heavy atom. The van der Waals surface area contributed by atoms with E-state index in [1.54, 1.807) is 0 Å². The van der Waals surface area contributed by atoms with Crippen LogP contribution < -0.4 is 10.6 Å². The number of ether oxygens (including phenoxy) is 1. The van der Waals surface area contributed by atoms with Gasteiger partial charge >= 0.3 is 0 Å². The Hall–Kier alpha value is -0.610. The normalized spacial score (nSPS) is 23.5. The van der Waals surface area contributed by atoms with Crippen LogP contribution in [0.2, 0.25) is 0 Å². The molecule has 1 fully saturated rings. The predicted molar refractivity (Wildman–Crippen MR) is 59.7 cm³/mol. The predicted octanol–water partition coefficient (Wildman–Crippen LogP) is 0.527. The highest BCUT2D eigenvalue weighted by Crippen LogP contribution is 2.09. The topological polar surface area (TPSA) is 50.4 Å². The quantitative estimate of drug-likeness (QED) is 0.702. The molecule has 1 rings (SSSR count). The molecule has 4 nitrogen and oxygen atoms in total. The first-order valence-corrected chi connectivity index (χ1v) is 5.84. The van der Waals surface area contributed by atoms with E-state index in [4.69, 9.17) is 4.74 Å². The number of amides is 1. The van der Waals surface area contributed by atoms with Crippen molar-refractivity contribution >= 4 is 5.91 Å². The van der Waals surface area contributed by atoms with Crippen LogP contribution in [0.5, 0.6) is 0 Å². The first-order valence-electron chi connectivity index (χ1n) is 5.84. The Balaban J connectivity index is 2.16. The fraction of sp³-hybridized carbons (Fsp3) is 0.909. The van der Waals surface area contributed by atoms with Crippen molar-refractivity contribution in [3.63, 3.8) is 0 Å². The summed E-state index contributed by atoms with van der Waals surface area (Å²) in [7, 11) is 0. The minimum Gasteiger partial charge on any atom is -0.377 e. The summed E-state index contributed by atoms with van der Waals surface area (Å²) in [6.45, 7) is 7.10. The van der Waals surface area contributed by atoms with Crippen LogP contribution in [-0.2, 0) is 9.53 Å². The molecular weight excluding hydrogens is 192 g/mol. The van der Waals surface area contributed by atoms with E-state index < -0.39 is 0 Å². The number of hydrogen-bond acceptors (Lipinski definition) is 3. The van der Waals surface area contributed by atoms with Crippen molar-refractivity contribution in [1.82, 2.24) is 10.6 Å². The van der Waals surface area contributed by atoms with E-state index in [1.165, 1.54) is 0 Å². The lowest BCUT2D eigenvalue weighted by atomic mass is 9.99. The SMILES string of the molecule is CCOC(C)CNC(=O)[C@H]1CCCNC1. The molecule has 1 aliphatic heterocycles. The summed E-state index contributed by atoms with van der Waals surface area (Å²) < 4.78 is 5.35. The second-order valence-electron chi connectivity index (χ2n) is 4.05. The van der Waals surface area contributed by atoms with E-state index in [2.05, 4.69) is 10.6 Å². The summed E-state index contributed by atoms with van der Waals surface area (Å²) in [5.74, 6) is 0.307. The van der Waals surface area contributed by atoms with Gasteiger partial charge in [-0.25, -0.2) is 0 Å². The molecule has 1 aliphatic rings. The van der Waals surface area contributed by atoms with E-state index in [-0.39, 0.29) is 17.9 Å². The van der Waals surface area contributed by atoms with Gasteiger partial charge in [-0.15, -0.1) is 0 Å². The molecule has 0 aliphatic carbocycles. The Bertz CT molecular complexity index is 191. The zero-order valence-electron chi connectivity index (χ0n) is 9.71.